The molecule has 1 aromatic rings. The zero-order valence-corrected chi connectivity index (χ0v) is 8.34. The molecular weight excluding hydrogens is 202 g/mol. The number of halogens is 1. The maximum Gasteiger partial charge on any atom is 0.251 e. The fourth-order valence-electron chi connectivity index (χ4n) is 0.911. The van der Waals surface area contributed by atoms with Crippen molar-refractivity contribution in [1.82, 2.24) is 5.32 Å². The zero-order chi connectivity index (χ0) is 10.6. The van der Waals surface area contributed by atoms with Crippen molar-refractivity contribution in [2.45, 2.75) is 13.0 Å². The zero-order valence-electron chi connectivity index (χ0n) is 7.58. The molecule has 0 aliphatic heterocycles. The molecule has 1 amide bonds. The summed E-state index contributed by atoms with van der Waals surface area (Å²) in [5.41, 5.74) is 0.469. The third-order valence-corrected chi connectivity index (χ3v) is 1.88. The molecule has 1 unspecified atom stereocenters. The van der Waals surface area contributed by atoms with E-state index in [1.54, 1.807) is 37.5 Å². The number of carbonyl (C=O) groups excluding carboxylic acids is 2. The van der Waals surface area contributed by atoms with Crippen molar-refractivity contribution < 1.29 is 9.59 Å². The molecule has 1 rings (SSSR count). The summed E-state index contributed by atoms with van der Waals surface area (Å²) in [6.45, 7) is 1.56. The summed E-state index contributed by atoms with van der Waals surface area (Å²) < 4.78 is 0. The Morgan fingerprint density at radius 3 is 2.50 bits per heavy atom. The lowest BCUT2D eigenvalue weighted by atomic mass is 10.2. The molecule has 0 bridgehead atoms. The summed E-state index contributed by atoms with van der Waals surface area (Å²) >= 11 is 5.66. The average Bonchev–Trinajstić information content (AvgIpc) is 2.18. The van der Waals surface area contributed by atoms with Crippen molar-refractivity contribution in [2.75, 3.05) is 0 Å². The van der Waals surface area contributed by atoms with Crippen LogP contribution >= 0.6 is 11.6 Å². The second kappa shape index (κ2) is 4.77. The van der Waals surface area contributed by atoms with Crippen molar-refractivity contribution in [3.05, 3.63) is 34.9 Å². The van der Waals surface area contributed by atoms with Crippen molar-refractivity contribution in [3.63, 3.8) is 0 Å². The van der Waals surface area contributed by atoms with Gasteiger partial charge in [0.2, 0.25) is 6.29 Å². The van der Waals surface area contributed by atoms with Gasteiger partial charge in [-0.25, -0.2) is 0 Å². The van der Waals surface area contributed by atoms with E-state index in [1.807, 2.05) is 0 Å². The molecular formula is C10H9ClNO2. The third-order valence-electron chi connectivity index (χ3n) is 1.63. The topological polar surface area (TPSA) is 46.2 Å². The van der Waals surface area contributed by atoms with Crippen LogP contribution in [0.3, 0.4) is 0 Å². The van der Waals surface area contributed by atoms with Gasteiger partial charge in [0, 0.05) is 10.6 Å². The lowest BCUT2D eigenvalue weighted by molar-refractivity contribution is 0.0948. The molecule has 0 saturated heterocycles. The van der Waals surface area contributed by atoms with E-state index in [1.165, 1.54) is 0 Å². The molecule has 0 aromatic heterocycles. The molecule has 1 N–H and O–H groups in total. The fourth-order valence-corrected chi connectivity index (χ4v) is 1.04. The predicted molar refractivity (Wildman–Crippen MR) is 54.1 cm³/mol. The van der Waals surface area contributed by atoms with Gasteiger partial charge in [-0.2, -0.15) is 0 Å². The van der Waals surface area contributed by atoms with Gasteiger partial charge in [-0.3, -0.25) is 9.59 Å². The van der Waals surface area contributed by atoms with E-state index in [4.69, 9.17) is 11.6 Å². The Morgan fingerprint density at radius 1 is 1.43 bits per heavy atom. The number of rotatable bonds is 3. The Bertz CT molecular complexity index is 334. The molecule has 3 nitrogen and oxygen atoms in total. The first-order chi connectivity index (χ1) is 6.63. The van der Waals surface area contributed by atoms with Crippen LogP contribution in [0.15, 0.2) is 24.3 Å². The molecule has 0 aliphatic rings. The Morgan fingerprint density at radius 2 is 2.00 bits per heavy atom. The predicted octanol–water partition coefficient (Wildman–Crippen LogP) is 1.57. The van der Waals surface area contributed by atoms with Gasteiger partial charge in [0.05, 0.1) is 6.04 Å². The summed E-state index contributed by atoms with van der Waals surface area (Å²) in [6.07, 6.45) is 1.67. The second-order valence-corrected chi connectivity index (χ2v) is 3.26. The average molecular weight is 211 g/mol. The number of nitrogens with one attached hydrogen (secondary N) is 1. The molecule has 0 spiro atoms. The number of amides is 1. The van der Waals surface area contributed by atoms with E-state index >= 15 is 0 Å². The van der Waals surface area contributed by atoms with E-state index in [9.17, 15) is 9.59 Å². The van der Waals surface area contributed by atoms with Crippen LogP contribution in [0.2, 0.25) is 5.02 Å². The molecule has 1 aromatic carbocycles. The largest absolute Gasteiger partial charge is 0.342 e. The molecule has 1 atom stereocenters. The Balaban J connectivity index is 2.70. The minimum absolute atomic E-state index is 0.308. The highest BCUT2D eigenvalue weighted by Crippen LogP contribution is 2.09. The highest BCUT2D eigenvalue weighted by Gasteiger charge is 2.08. The van der Waals surface area contributed by atoms with Crippen molar-refractivity contribution >= 4 is 23.8 Å². The van der Waals surface area contributed by atoms with Gasteiger partial charge in [-0.15, -0.1) is 0 Å². The van der Waals surface area contributed by atoms with Gasteiger partial charge >= 0.3 is 0 Å². The van der Waals surface area contributed by atoms with E-state index in [-0.39, 0.29) is 5.91 Å². The van der Waals surface area contributed by atoms with E-state index in [0.717, 1.165) is 0 Å². The summed E-state index contributed by atoms with van der Waals surface area (Å²) in [4.78, 5) is 21.6. The first kappa shape index (κ1) is 10.7. The SMILES string of the molecule is CC([C]=O)NC(=O)c1ccc(Cl)cc1. The maximum atomic E-state index is 11.4. The van der Waals surface area contributed by atoms with Gasteiger partial charge in [0.25, 0.3) is 5.91 Å². The van der Waals surface area contributed by atoms with Crippen LogP contribution in [0.5, 0.6) is 0 Å². The van der Waals surface area contributed by atoms with Crippen molar-refractivity contribution in [3.8, 4) is 0 Å². The standard InChI is InChI=1S/C10H9ClNO2/c1-7(6-13)12-10(14)8-2-4-9(11)5-3-8/h2-5,7H,1H3,(H,12,14). The van der Waals surface area contributed by atoms with E-state index < -0.39 is 6.04 Å². The maximum absolute atomic E-state index is 11.4. The summed E-state index contributed by atoms with van der Waals surface area (Å²) in [5.74, 6) is -0.308. The number of benzene rings is 1. The van der Waals surface area contributed by atoms with Crippen LogP contribution in [0, 0.1) is 0 Å². The van der Waals surface area contributed by atoms with Crippen LogP contribution in [0.25, 0.3) is 0 Å². The van der Waals surface area contributed by atoms with Gasteiger partial charge in [0.15, 0.2) is 0 Å². The van der Waals surface area contributed by atoms with Crippen molar-refractivity contribution in [2.24, 2.45) is 0 Å². The first-order valence-corrected chi connectivity index (χ1v) is 4.45. The quantitative estimate of drug-likeness (QED) is 0.823. The Hall–Kier alpha value is -1.35. The van der Waals surface area contributed by atoms with Gasteiger partial charge in [0.1, 0.15) is 0 Å². The van der Waals surface area contributed by atoms with E-state index in [0.29, 0.717) is 10.6 Å². The second-order valence-electron chi connectivity index (χ2n) is 2.82. The van der Waals surface area contributed by atoms with E-state index in [2.05, 4.69) is 5.32 Å². The lowest BCUT2D eigenvalue weighted by Crippen LogP contribution is -2.33. The summed E-state index contributed by atoms with van der Waals surface area (Å²) in [6, 6.07) is 5.82. The van der Waals surface area contributed by atoms with Crippen molar-refractivity contribution in [1.29, 1.82) is 0 Å². The molecule has 1 radical (unpaired) electrons. The number of hydrogen-bond acceptors (Lipinski definition) is 2. The lowest BCUT2D eigenvalue weighted by Gasteiger charge is -2.06. The first-order valence-electron chi connectivity index (χ1n) is 4.07. The fraction of sp³-hybridized carbons (Fsp3) is 0.200. The molecule has 14 heavy (non-hydrogen) atoms. The smallest absolute Gasteiger partial charge is 0.251 e. The van der Waals surface area contributed by atoms with Crippen LogP contribution < -0.4 is 5.32 Å². The van der Waals surface area contributed by atoms with Crippen LogP contribution in [-0.2, 0) is 4.79 Å². The molecule has 4 heteroatoms. The Labute approximate surface area is 87.1 Å². The highest BCUT2D eigenvalue weighted by molar-refractivity contribution is 6.30. The van der Waals surface area contributed by atoms with Gasteiger partial charge in [-0.05, 0) is 31.2 Å². The minimum atomic E-state index is -0.599. The monoisotopic (exact) mass is 210 g/mol. The minimum Gasteiger partial charge on any atom is -0.342 e. The third kappa shape index (κ3) is 2.85. The highest BCUT2D eigenvalue weighted by atomic mass is 35.5. The van der Waals surface area contributed by atoms with Gasteiger partial charge in [-0.1, -0.05) is 11.6 Å². The number of carbonyl (C=O) groups is 1. The molecule has 0 saturated carbocycles. The normalized spacial score (nSPS) is 11.9. The molecule has 73 valence electrons. The molecule has 0 heterocycles. The summed E-state index contributed by atoms with van der Waals surface area (Å²) in [5, 5.41) is 3.03. The Kier molecular flexibility index (Phi) is 3.65. The molecule has 0 fully saturated rings. The van der Waals surface area contributed by atoms with Gasteiger partial charge < -0.3 is 5.32 Å². The van der Waals surface area contributed by atoms with Crippen LogP contribution in [-0.4, -0.2) is 18.2 Å². The van der Waals surface area contributed by atoms with Crippen LogP contribution in [0.4, 0.5) is 0 Å². The summed E-state index contributed by atoms with van der Waals surface area (Å²) in [7, 11) is 0. The number of hydrogen-bond donors (Lipinski definition) is 1. The van der Waals surface area contributed by atoms with Crippen LogP contribution in [0.1, 0.15) is 17.3 Å². The molecule has 0 aliphatic carbocycles.